The molecule has 1 heterocycles. The number of pyridine rings is 1. The molecule has 1 saturated carbocycles. The highest BCUT2D eigenvalue weighted by molar-refractivity contribution is 6.28. The van der Waals surface area contributed by atoms with Gasteiger partial charge < -0.3 is 14.6 Å². The highest BCUT2D eigenvalue weighted by Crippen LogP contribution is 2.43. The van der Waals surface area contributed by atoms with E-state index in [1.807, 2.05) is 0 Å². The van der Waals surface area contributed by atoms with Crippen LogP contribution in [0.1, 0.15) is 41.0 Å². The summed E-state index contributed by atoms with van der Waals surface area (Å²) in [4.78, 5) is 29.1. The normalized spacial score (nSPS) is 22.1. The number of hydrogen-bond acceptors (Lipinski definition) is 6. The molecule has 1 N–H and O–H groups in total. The van der Waals surface area contributed by atoms with Crippen molar-refractivity contribution in [2.75, 3.05) is 20.3 Å². The van der Waals surface area contributed by atoms with Gasteiger partial charge in [-0.2, -0.15) is 13.2 Å². The van der Waals surface area contributed by atoms with Crippen LogP contribution in [0.4, 0.5) is 13.2 Å². The van der Waals surface area contributed by atoms with Crippen molar-refractivity contribution in [2.45, 2.75) is 32.0 Å². The van der Waals surface area contributed by atoms with E-state index >= 15 is 0 Å². The van der Waals surface area contributed by atoms with Crippen LogP contribution in [0.2, 0.25) is 0 Å². The van der Waals surface area contributed by atoms with Crippen molar-refractivity contribution in [2.24, 2.45) is 11.8 Å². The van der Waals surface area contributed by atoms with Gasteiger partial charge in [-0.15, -0.1) is 0 Å². The molecule has 2 bridgehead atoms. The number of halogens is 3. The molecular formula is C19H20F3NO5. The maximum atomic E-state index is 13.0. The summed E-state index contributed by atoms with van der Waals surface area (Å²) < 4.78 is 49.1. The second-order valence-electron chi connectivity index (χ2n) is 6.89. The highest BCUT2D eigenvalue weighted by atomic mass is 19.4. The van der Waals surface area contributed by atoms with Crippen LogP contribution >= 0.6 is 0 Å². The van der Waals surface area contributed by atoms with E-state index in [1.165, 1.54) is 7.11 Å². The SMILES string of the molecule is COCCOCc1nc(C(F)(F)F)ccc1C(=O)C1=C(O)C2CCC(C2)C1=O. The quantitative estimate of drug-likeness (QED) is 0.430. The number of aliphatic hydroxyl groups is 1. The molecule has 0 aliphatic heterocycles. The minimum absolute atomic E-state index is 0.0963. The fraction of sp³-hybridized carbons (Fsp3) is 0.526. The maximum Gasteiger partial charge on any atom is 0.433 e. The number of methoxy groups -OCH3 is 1. The summed E-state index contributed by atoms with van der Waals surface area (Å²) in [6.07, 6.45) is -3.00. The van der Waals surface area contributed by atoms with Gasteiger partial charge in [-0.3, -0.25) is 9.59 Å². The number of rotatable bonds is 7. The van der Waals surface area contributed by atoms with E-state index < -0.39 is 23.4 Å². The van der Waals surface area contributed by atoms with Crippen molar-refractivity contribution in [1.82, 2.24) is 4.98 Å². The summed E-state index contributed by atoms with van der Waals surface area (Å²) in [5, 5.41) is 10.4. The Bertz CT molecular complexity index is 818. The molecule has 152 valence electrons. The highest BCUT2D eigenvalue weighted by Gasteiger charge is 2.44. The summed E-state index contributed by atoms with van der Waals surface area (Å²) in [6, 6.07) is 1.67. The van der Waals surface area contributed by atoms with Crippen molar-refractivity contribution < 1.29 is 37.3 Å². The lowest BCUT2D eigenvalue weighted by Gasteiger charge is -2.21. The number of ether oxygens (including phenoxy) is 2. The van der Waals surface area contributed by atoms with Crippen LogP contribution in [0, 0.1) is 11.8 Å². The van der Waals surface area contributed by atoms with E-state index in [0.717, 1.165) is 6.07 Å². The second-order valence-corrected chi connectivity index (χ2v) is 6.89. The van der Waals surface area contributed by atoms with E-state index in [9.17, 15) is 27.9 Å². The number of alkyl halides is 3. The Labute approximate surface area is 159 Å². The molecule has 0 spiro atoms. The molecule has 0 radical (unpaired) electrons. The summed E-state index contributed by atoms with van der Waals surface area (Å²) in [5.41, 5.74) is -1.91. The maximum absolute atomic E-state index is 13.0. The first-order chi connectivity index (χ1) is 13.2. The van der Waals surface area contributed by atoms with Gasteiger partial charge >= 0.3 is 6.18 Å². The predicted molar refractivity (Wildman–Crippen MR) is 90.6 cm³/mol. The zero-order valence-corrected chi connectivity index (χ0v) is 15.2. The third-order valence-electron chi connectivity index (χ3n) is 5.10. The predicted octanol–water partition coefficient (Wildman–Crippen LogP) is 3.26. The van der Waals surface area contributed by atoms with E-state index in [4.69, 9.17) is 9.47 Å². The summed E-state index contributed by atoms with van der Waals surface area (Å²) in [7, 11) is 1.44. The van der Waals surface area contributed by atoms with Crippen LogP contribution in [0.15, 0.2) is 23.5 Å². The number of carbonyl (C=O) groups is 2. The summed E-state index contributed by atoms with van der Waals surface area (Å²) >= 11 is 0. The number of fused-ring (bicyclic) bond motifs is 2. The fourth-order valence-corrected chi connectivity index (χ4v) is 3.65. The number of allylic oxidation sites excluding steroid dienone is 2. The lowest BCUT2D eigenvalue weighted by atomic mass is 9.83. The average Bonchev–Trinajstić information content (AvgIpc) is 3.10. The molecule has 0 aromatic carbocycles. The number of Topliss-reactive ketones (excluding diaryl/α,β-unsaturated/α-hetero) is 2. The lowest BCUT2D eigenvalue weighted by Crippen LogP contribution is -2.28. The molecule has 1 fully saturated rings. The molecule has 1 aromatic rings. The molecule has 2 aliphatic rings. The first-order valence-corrected chi connectivity index (χ1v) is 8.89. The van der Waals surface area contributed by atoms with Gasteiger partial charge in [0.1, 0.15) is 17.0 Å². The Morgan fingerprint density at radius 2 is 1.96 bits per heavy atom. The Hall–Kier alpha value is -2.26. The van der Waals surface area contributed by atoms with Crippen molar-refractivity contribution >= 4 is 11.6 Å². The molecule has 2 atom stereocenters. The smallest absolute Gasteiger partial charge is 0.433 e. The summed E-state index contributed by atoms with van der Waals surface area (Å²) in [5.74, 6) is -2.13. The molecular weight excluding hydrogens is 379 g/mol. The molecule has 9 heteroatoms. The first kappa shape index (κ1) is 20.5. The number of aromatic nitrogens is 1. The molecule has 3 rings (SSSR count). The van der Waals surface area contributed by atoms with Crippen LogP contribution in [0.3, 0.4) is 0 Å². The molecule has 2 aliphatic carbocycles. The molecule has 0 saturated heterocycles. The number of ketones is 2. The zero-order chi connectivity index (χ0) is 20.5. The van der Waals surface area contributed by atoms with E-state index in [-0.39, 0.29) is 54.2 Å². The lowest BCUT2D eigenvalue weighted by molar-refractivity contribution is -0.141. The van der Waals surface area contributed by atoms with Crippen LogP contribution in [-0.4, -0.2) is 42.0 Å². The largest absolute Gasteiger partial charge is 0.511 e. The fourth-order valence-electron chi connectivity index (χ4n) is 3.65. The standard InChI is InChI=1S/C19H20F3NO5/c1-27-6-7-28-9-13-12(4-5-14(23-13)19(20,21)22)18(26)15-16(24)10-2-3-11(8-10)17(15)25/h4-5,10-11,24H,2-3,6-9H2,1H3. The van der Waals surface area contributed by atoms with Gasteiger partial charge in [0.05, 0.1) is 25.5 Å². The van der Waals surface area contributed by atoms with E-state index in [0.29, 0.717) is 25.3 Å². The number of hydrogen-bond donors (Lipinski definition) is 1. The molecule has 2 unspecified atom stereocenters. The van der Waals surface area contributed by atoms with E-state index in [2.05, 4.69) is 4.98 Å². The number of carbonyl (C=O) groups excluding carboxylic acids is 2. The number of aliphatic hydroxyl groups excluding tert-OH is 1. The first-order valence-electron chi connectivity index (χ1n) is 8.89. The molecule has 6 nitrogen and oxygen atoms in total. The minimum Gasteiger partial charge on any atom is -0.511 e. The van der Waals surface area contributed by atoms with Gasteiger partial charge in [-0.05, 0) is 31.4 Å². The van der Waals surface area contributed by atoms with Crippen LogP contribution in [0.25, 0.3) is 0 Å². The van der Waals surface area contributed by atoms with Gasteiger partial charge in [-0.1, -0.05) is 0 Å². The van der Waals surface area contributed by atoms with Crippen molar-refractivity contribution in [3.05, 3.63) is 40.4 Å². The van der Waals surface area contributed by atoms with E-state index in [1.54, 1.807) is 0 Å². The van der Waals surface area contributed by atoms with Gasteiger partial charge in [0.2, 0.25) is 5.78 Å². The van der Waals surface area contributed by atoms with Crippen molar-refractivity contribution in [3.63, 3.8) is 0 Å². The number of nitrogens with zero attached hydrogens (tertiary/aromatic N) is 1. The molecule has 1 aromatic heterocycles. The second kappa shape index (κ2) is 8.00. The Balaban J connectivity index is 1.96. The van der Waals surface area contributed by atoms with Crippen molar-refractivity contribution in [1.29, 1.82) is 0 Å². The van der Waals surface area contributed by atoms with Crippen LogP contribution in [-0.2, 0) is 27.1 Å². The molecule has 0 amide bonds. The van der Waals surface area contributed by atoms with Gasteiger partial charge in [0, 0.05) is 24.5 Å². The van der Waals surface area contributed by atoms with Crippen LogP contribution in [0.5, 0.6) is 0 Å². The third kappa shape index (κ3) is 3.95. The van der Waals surface area contributed by atoms with Crippen molar-refractivity contribution in [3.8, 4) is 0 Å². The molecule has 28 heavy (non-hydrogen) atoms. The topological polar surface area (TPSA) is 85.7 Å². The average molecular weight is 399 g/mol. The van der Waals surface area contributed by atoms with Gasteiger partial charge in [0.25, 0.3) is 0 Å². The zero-order valence-electron chi connectivity index (χ0n) is 15.2. The summed E-state index contributed by atoms with van der Waals surface area (Å²) in [6.45, 7) is -0.0431. The van der Waals surface area contributed by atoms with Gasteiger partial charge in [-0.25, -0.2) is 4.98 Å². The Morgan fingerprint density at radius 3 is 2.64 bits per heavy atom. The van der Waals surface area contributed by atoms with Crippen LogP contribution < -0.4 is 0 Å². The third-order valence-corrected chi connectivity index (χ3v) is 5.10. The Morgan fingerprint density at radius 1 is 1.25 bits per heavy atom. The minimum atomic E-state index is -4.69. The Kier molecular flexibility index (Phi) is 5.85. The monoisotopic (exact) mass is 399 g/mol. The van der Waals surface area contributed by atoms with Gasteiger partial charge in [0.15, 0.2) is 5.78 Å².